The number of hydrogen-bond acceptors (Lipinski definition) is 1. The highest BCUT2D eigenvalue weighted by molar-refractivity contribution is 5.90. The molecule has 1 aromatic rings. The number of nitrogens with one attached hydrogen (secondary N) is 1. The fourth-order valence-corrected chi connectivity index (χ4v) is 2.47. The molecule has 0 aliphatic carbocycles. The van der Waals surface area contributed by atoms with Crippen molar-refractivity contribution in [2.24, 2.45) is 0 Å². The average Bonchev–Trinajstić information content (AvgIpc) is 2.35. The lowest BCUT2D eigenvalue weighted by atomic mass is 10.0. The van der Waals surface area contributed by atoms with Gasteiger partial charge < -0.3 is 10.2 Å². The highest BCUT2D eigenvalue weighted by Crippen LogP contribution is 2.21. The van der Waals surface area contributed by atoms with E-state index in [4.69, 9.17) is 0 Å². The van der Waals surface area contributed by atoms with Crippen LogP contribution in [-0.4, -0.2) is 23.5 Å². The lowest BCUT2D eigenvalue weighted by Gasteiger charge is -2.33. The second-order valence-electron chi connectivity index (χ2n) is 5.22. The molecule has 3 nitrogen and oxygen atoms in total. The van der Waals surface area contributed by atoms with Crippen LogP contribution >= 0.6 is 0 Å². The maximum Gasteiger partial charge on any atom is 0.322 e. The number of piperidine rings is 1. The van der Waals surface area contributed by atoms with Gasteiger partial charge in [-0.3, -0.25) is 0 Å². The third-order valence-corrected chi connectivity index (χ3v) is 3.91. The molecule has 1 atom stereocenters. The molecule has 1 aromatic carbocycles. The first-order chi connectivity index (χ1) is 8.59. The molecule has 98 valence electrons. The molecule has 2 amide bonds. The Morgan fingerprint density at radius 1 is 1.33 bits per heavy atom. The van der Waals surface area contributed by atoms with Crippen LogP contribution in [0.25, 0.3) is 0 Å². The van der Waals surface area contributed by atoms with Crippen molar-refractivity contribution < 1.29 is 4.79 Å². The quantitative estimate of drug-likeness (QED) is 0.805. The molecule has 0 spiro atoms. The number of urea groups is 1. The highest BCUT2D eigenvalue weighted by atomic mass is 16.2. The minimum Gasteiger partial charge on any atom is -0.322 e. The van der Waals surface area contributed by atoms with E-state index in [1.165, 1.54) is 12.0 Å². The first-order valence-electron chi connectivity index (χ1n) is 6.73. The van der Waals surface area contributed by atoms with Crippen molar-refractivity contribution in [2.45, 2.75) is 46.1 Å². The molecule has 1 fully saturated rings. The van der Waals surface area contributed by atoms with Gasteiger partial charge in [-0.25, -0.2) is 4.79 Å². The normalized spacial score (nSPS) is 19.7. The predicted octanol–water partition coefficient (Wildman–Crippen LogP) is 3.71. The van der Waals surface area contributed by atoms with Gasteiger partial charge in [-0.1, -0.05) is 12.1 Å². The van der Waals surface area contributed by atoms with Crippen LogP contribution in [0.5, 0.6) is 0 Å². The van der Waals surface area contributed by atoms with Gasteiger partial charge in [0.1, 0.15) is 0 Å². The molecule has 18 heavy (non-hydrogen) atoms. The lowest BCUT2D eigenvalue weighted by Crippen LogP contribution is -2.44. The molecular weight excluding hydrogens is 224 g/mol. The molecule has 2 rings (SSSR count). The largest absolute Gasteiger partial charge is 0.322 e. The number of hydrogen-bond donors (Lipinski definition) is 1. The van der Waals surface area contributed by atoms with E-state index in [1.54, 1.807) is 0 Å². The summed E-state index contributed by atoms with van der Waals surface area (Å²) in [5.74, 6) is 0. The fourth-order valence-electron chi connectivity index (χ4n) is 2.47. The van der Waals surface area contributed by atoms with Crippen molar-refractivity contribution in [3.8, 4) is 0 Å². The monoisotopic (exact) mass is 246 g/mol. The molecule has 1 heterocycles. The van der Waals surface area contributed by atoms with E-state index >= 15 is 0 Å². The van der Waals surface area contributed by atoms with Crippen molar-refractivity contribution in [1.82, 2.24) is 4.90 Å². The Kier molecular flexibility index (Phi) is 3.90. The topological polar surface area (TPSA) is 32.3 Å². The summed E-state index contributed by atoms with van der Waals surface area (Å²) in [6.07, 6.45) is 3.46. The number of amides is 2. The zero-order valence-corrected chi connectivity index (χ0v) is 11.5. The van der Waals surface area contributed by atoms with Gasteiger partial charge in [-0.15, -0.1) is 0 Å². The molecular formula is C15H22N2O. The van der Waals surface area contributed by atoms with E-state index in [1.807, 2.05) is 24.0 Å². The number of carbonyl (C=O) groups excluding carboxylic acids is 1. The number of rotatable bonds is 1. The second-order valence-corrected chi connectivity index (χ2v) is 5.22. The van der Waals surface area contributed by atoms with Gasteiger partial charge in [0.2, 0.25) is 0 Å². The average molecular weight is 246 g/mol. The molecule has 1 aliphatic heterocycles. The summed E-state index contributed by atoms with van der Waals surface area (Å²) in [5.41, 5.74) is 3.28. The molecule has 1 saturated heterocycles. The molecule has 1 aliphatic rings. The summed E-state index contributed by atoms with van der Waals surface area (Å²) in [4.78, 5) is 14.2. The van der Waals surface area contributed by atoms with Gasteiger partial charge in [0.15, 0.2) is 0 Å². The predicted molar refractivity (Wildman–Crippen MR) is 75.0 cm³/mol. The summed E-state index contributed by atoms with van der Waals surface area (Å²) < 4.78 is 0. The zero-order valence-electron chi connectivity index (χ0n) is 11.5. The van der Waals surface area contributed by atoms with Crippen LogP contribution < -0.4 is 5.32 Å². The van der Waals surface area contributed by atoms with Crippen molar-refractivity contribution in [2.75, 3.05) is 11.9 Å². The van der Waals surface area contributed by atoms with Gasteiger partial charge >= 0.3 is 6.03 Å². The lowest BCUT2D eigenvalue weighted by molar-refractivity contribution is 0.170. The number of nitrogens with zero attached hydrogens (tertiary/aromatic N) is 1. The van der Waals surface area contributed by atoms with Crippen LogP contribution in [0, 0.1) is 13.8 Å². The second kappa shape index (κ2) is 5.42. The Bertz CT molecular complexity index is 442. The highest BCUT2D eigenvalue weighted by Gasteiger charge is 2.23. The summed E-state index contributed by atoms with van der Waals surface area (Å²) in [6.45, 7) is 7.11. The Morgan fingerprint density at radius 3 is 2.83 bits per heavy atom. The number of benzene rings is 1. The van der Waals surface area contributed by atoms with Gasteiger partial charge in [-0.05, 0) is 57.2 Å². The number of likely N-dealkylation sites (tertiary alicyclic amines) is 1. The van der Waals surface area contributed by atoms with E-state index in [9.17, 15) is 4.79 Å². The maximum absolute atomic E-state index is 12.3. The Balaban J connectivity index is 2.09. The molecule has 0 bridgehead atoms. The van der Waals surface area contributed by atoms with Crippen LogP contribution in [0.4, 0.5) is 10.5 Å². The molecule has 1 N–H and O–H groups in total. The molecule has 0 aromatic heterocycles. The van der Waals surface area contributed by atoms with Crippen LogP contribution in [0.1, 0.15) is 37.3 Å². The third-order valence-electron chi connectivity index (χ3n) is 3.91. The smallest absolute Gasteiger partial charge is 0.322 e. The van der Waals surface area contributed by atoms with Crippen molar-refractivity contribution in [3.63, 3.8) is 0 Å². The summed E-state index contributed by atoms with van der Waals surface area (Å²) in [7, 11) is 0. The number of carbonyl (C=O) groups is 1. The van der Waals surface area contributed by atoms with Crippen LogP contribution in [0.3, 0.4) is 0 Å². The van der Waals surface area contributed by atoms with Crippen LogP contribution in [0.2, 0.25) is 0 Å². The van der Waals surface area contributed by atoms with Crippen LogP contribution in [-0.2, 0) is 0 Å². The molecule has 0 unspecified atom stereocenters. The Morgan fingerprint density at radius 2 is 2.11 bits per heavy atom. The third kappa shape index (κ3) is 2.66. The Hall–Kier alpha value is -1.51. The zero-order chi connectivity index (χ0) is 13.1. The summed E-state index contributed by atoms with van der Waals surface area (Å²) >= 11 is 0. The summed E-state index contributed by atoms with van der Waals surface area (Å²) in [5, 5.41) is 3.04. The van der Waals surface area contributed by atoms with Crippen molar-refractivity contribution >= 4 is 11.7 Å². The minimum atomic E-state index is 0.0379. The van der Waals surface area contributed by atoms with Gasteiger partial charge in [0, 0.05) is 18.3 Å². The van der Waals surface area contributed by atoms with E-state index in [-0.39, 0.29) is 6.03 Å². The van der Waals surface area contributed by atoms with Gasteiger partial charge in [0.25, 0.3) is 0 Å². The summed E-state index contributed by atoms with van der Waals surface area (Å²) in [6, 6.07) is 6.40. The molecule has 0 radical (unpaired) electrons. The van der Waals surface area contributed by atoms with Crippen LogP contribution in [0.15, 0.2) is 18.2 Å². The molecule has 0 saturated carbocycles. The maximum atomic E-state index is 12.3. The van der Waals surface area contributed by atoms with E-state index < -0.39 is 0 Å². The first-order valence-corrected chi connectivity index (χ1v) is 6.73. The van der Waals surface area contributed by atoms with Gasteiger partial charge in [0.05, 0.1) is 0 Å². The number of anilines is 1. The molecule has 3 heteroatoms. The minimum absolute atomic E-state index is 0.0379. The SMILES string of the molecule is Cc1cccc(NC(=O)N2CCCC[C@H]2C)c1C. The Labute approximate surface area is 109 Å². The number of aryl methyl sites for hydroxylation is 1. The van der Waals surface area contributed by atoms with E-state index in [0.29, 0.717) is 6.04 Å². The fraction of sp³-hybridized carbons (Fsp3) is 0.533. The van der Waals surface area contributed by atoms with Crippen molar-refractivity contribution in [3.05, 3.63) is 29.3 Å². The van der Waals surface area contributed by atoms with E-state index in [0.717, 1.165) is 30.6 Å². The van der Waals surface area contributed by atoms with Crippen molar-refractivity contribution in [1.29, 1.82) is 0 Å². The van der Waals surface area contributed by atoms with E-state index in [2.05, 4.69) is 25.2 Å². The standard InChI is InChI=1S/C15H22N2O/c1-11-7-6-9-14(13(11)3)16-15(18)17-10-5-4-8-12(17)2/h6-7,9,12H,4-5,8,10H2,1-3H3,(H,16,18)/t12-/m1/s1. The van der Waals surface area contributed by atoms with Gasteiger partial charge in [-0.2, -0.15) is 0 Å². The first kappa shape index (κ1) is 12.9.